The monoisotopic (exact) mass is 269 g/mol. The average Bonchev–Trinajstić information content (AvgIpc) is 2.15. The molecule has 0 radical (unpaired) electrons. The van der Waals surface area contributed by atoms with Crippen LogP contribution >= 0.6 is 0 Å². The second-order valence-electron chi connectivity index (χ2n) is 3.22. The number of hydrogen-bond acceptors (Lipinski definition) is 3. The molecule has 1 rings (SSSR count). The van der Waals surface area contributed by atoms with E-state index < -0.39 is 26.7 Å². The second kappa shape index (κ2) is 4.63. The summed E-state index contributed by atoms with van der Waals surface area (Å²) in [7, 11) is -3.04. The Morgan fingerprint density at radius 2 is 1.88 bits per heavy atom. The van der Waals surface area contributed by atoms with Crippen LogP contribution in [0.5, 0.6) is 0 Å². The van der Waals surface area contributed by atoms with Gasteiger partial charge in [-0.15, -0.1) is 0 Å². The van der Waals surface area contributed by atoms with E-state index in [1.807, 2.05) is 0 Å². The van der Waals surface area contributed by atoms with E-state index in [0.29, 0.717) is 0 Å². The second-order valence-corrected chi connectivity index (χ2v) is 4.83. The van der Waals surface area contributed by atoms with Crippen LogP contribution in [0.15, 0.2) is 23.1 Å². The summed E-state index contributed by atoms with van der Waals surface area (Å²) in [5, 5.41) is 0. The van der Waals surface area contributed by atoms with Crippen LogP contribution in [0.4, 0.5) is 13.2 Å². The van der Waals surface area contributed by atoms with Crippen molar-refractivity contribution in [1.82, 2.24) is 4.89 Å². The van der Waals surface area contributed by atoms with Gasteiger partial charge in [0.2, 0.25) is 0 Å². The lowest BCUT2D eigenvalue weighted by atomic mass is 10.1. The van der Waals surface area contributed by atoms with Crippen LogP contribution in [0.3, 0.4) is 0 Å². The molecule has 0 aliphatic rings. The fourth-order valence-corrected chi connectivity index (χ4v) is 2.45. The Morgan fingerprint density at radius 3 is 2.35 bits per heavy atom. The first kappa shape index (κ1) is 13.9. The van der Waals surface area contributed by atoms with Gasteiger partial charge in [0.05, 0.1) is 17.6 Å². The molecule has 0 aliphatic heterocycles. The third-order valence-corrected chi connectivity index (χ3v) is 3.48. The van der Waals surface area contributed by atoms with Crippen molar-refractivity contribution < 1.29 is 26.4 Å². The summed E-state index contributed by atoms with van der Waals surface area (Å²) in [4.78, 5) is 5.42. The highest BCUT2D eigenvalue weighted by atomic mass is 32.2. The minimum atomic E-state index is -4.59. The Balaban J connectivity index is 3.40. The van der Waals surface area contributed by atoms with Gasteiger partial charge < -0.3 is 0 Å². The molecular formula is C9H10F3NO3S. The van der Waals surface area contributed by atoms with E-state index in [-0.39, 0.29) is 5.56 Å². The summed E-state index contributed by atoms with van der Waals surface area (Å²) in [5.74, 6) is 0. The van der Waals surface area contributed by atoms with E-state index in [1.54, 1.807) is 4.89 Å². The van der Waals surface area contributed by atoms with Crippen LogP contribution in [0.1, 0.15) is 11.1 Å². The molecule has 0 heterocycles. The van der Waals surface area contributed by atoms with Gasteiger partial charge in [0.1, 0.15) is 0 Å². The van der Waals surface area contributed by atoms with Crippen LogP contribution in [0.25, 0.3) is 0 Å². The highest BCUT2D eigenvalue weighted by Gasteiger charge is 2.34. The first-order valence-electron chi connectivity index (χ1n) is 4.41. The third kappa shape index (κ3) is 2.96. The highest BCUT2D eigenvalue weighted by molar-refractivity contribution is 7.89. The van der Waals surface area contributed by atoms with Crippen LogP contribution in [0.2, 0.25) is 0 Å². The van der Waals surface area contributed by atoms with Crippen molar-refractivity contribution >= 4 is 10.0 Å². The molecule has 4 nitrogen and oxygen atoms in total. The average molecular weight is 269 g/mol. The molecule has 0 saturated heterocycles. The number of rotatable bonds is 3. The van der Waals surface area contributed by atoms with E-state index in [9.17, 15) is 21.6 Å². The molecule has 1 aromatic rings. The van der Waals surface area contributed by atoms with Gasteiger partial charge in [0.15, 0.2) is 0 Å². The zero-order valence-corrected chi connectivity index (χ0v) is 9.82. The smallest absolute Gasteiger partial charge is 0.290 e. The number of sulfonamides is 1. The number of hydrogen-bond donors (Lipinski definition) is 1. The van der Waals surface area contributed by atoms with E-state index in [4.69, 9.17) is 0 Å². The molecule has 17 heavy (non-hydrogen) atoms. The molecule has 96 valence electrons. The molecule has 0 aliphatic carbocycles. The molecule has 0 aromatic heterocycles. The maximum absolute atomic E-state index is 12.6. The maximum Gasteiger partial charge on any atom is 0.416 e. The van der Waals surface area contributed by atoms with Gasteiger partial charge in [-0.2, -0.15) is 13.2 Å². The molecule has 0 bridgehead atoms. The number of halogens is 3. The molecule has 1 aromatic carbocycles. The molecule has 0 fully saturated rings. The van der Waals surface area contributed by atoms with Crippen LogP contribution in [-0.2, 0) is 21.0 Å². The van der Waals surface area contributed by atoms with Crippen LogP contribution in [0, 0.1) is 6.92 Å². The van der Waals surface area contributed by atoms with Crippen molar-refractivity contribution in [3.05, 3.63) is 29.3 Å². The summed E-state index contributed by atoms with van der Waals surface area (Å²) >= 11 is 0. The fraction of sp³-hybridized carbons (Fsp3) is 0.333. The molecule has 0 unspecified atom stereocenters. The Kier molecular flexibility index (Phi) is 3.80. The standard InChI is InChI=1S/C9H10F3NO3S/c1-6-7(9(10,11)12)4-3-5-8(6)17(14,15)13-16-2/h3-5,13H,1-2H3. The van der Waals surface area contributed by atoms with Gasteiger partial charge in [-0.05, 0) is 24.6 Å². The van der Waals surface area contributed by atoms with Crippen LogP contribution in [-0.4, -0.2) is 15.5 Å². The van der Waals surface area contributed by atoms with E-state index in [0.717, 1.165) is 32.2 Å². The van der Waals surface area contributed by atoms with Crippen LogP contribution < -0.4 is 4.89 Å². The lowest BCUT2D eigenvalue weighted by molar-refractivity contribution is -0.138. The van der Waals surface area contributed by atoms with Crippen molar-refractivity contribution in [3.8, 4) is 0 Å². The van der Waals surface area contributed by atoms with Gasteiger partial charge >= 0.3 is 6.18 Å². The van der Waals surface area contributed by atoms with Gasteiger partial charge in [0, 0.05) is 0 Å². The zero-order valence-electron chi connectivity index (χ0n) is 9.00. The van der Waals surface area contributed by atoms with Gasteiger partial charge in [-0.1, -0.05) is 11.0 Å². The molecule has 0 atom stereocenters. The van der Waals surface area contributed by atoms with E-state index in [2.05, 4.69) is 4.84 Å². The summed E-state index contributed by atoms with van der Waals surface area (Å²) < 4.78 is 60.7. The predicted octanol–water partition coefficient (Wildman–Crippen LogP) is 1.85. The van der Waals surface area contributed by atoms with Crippen molar-refractivity contribution in [3.63, 3.8) is 0 Å². The predicted molar refractivity (Wildman–Crippen MR) is 53.5 cm³/mol. The Morgan fingerprint density at radius 1 is 1.29 bits per heavy atom. The molecule has 0 amide bonds. The normalized spacial score (nSPS) is 12.8. The molecule has 0 spiro atoms. The van der Waals surface area contributed by atoms with E-state index >= 15 is 0 Å². The Bertz CT molecular complexity index is 511. The zero-order chi connectivity index (χ0) is 13.3. The summed E-state index contributed by atoms with van der Waals surface area (Å²) in [6.07, 6.45) is -4.59. The minimum Gasteiger partial charge on any atom is -0.290 e. The highest BCUT2D eigenvalue weighted by Crippen LogP contribution is 2.33. The van der Waals surface area contributed by atoms with Crippen molar-refractivity contribution in [2.75, 3.05) is 7.11 Å². The molecule has 8 heteroatoms. The largest absolute Gasteiger partial charge is 0.416 e. The summed E-state index contributed by atoms with van der Waals surface area (Å²) in [6, 6.07) is 2.92. The summed E-state index contributed by atoms with van der Waals surface area (Å²) in [5.41, 5.74) is -1.36. The third-order valence-electron chi connectivity index (χ3n) is 2.07. The fourth-order valence-electron chi connectivity index (χ4n) is 1.37. The Labute approximate surface area is 96.4 Å². The first-order valence-corrected chi connectivity index (χ1v) is 5.90. The van der Waals surface area contributed by atoms with E-state index in [1.165, 1.54) is 0 Å². The SMILES string of the molecule is CONS(=O)(=O)c1cccc(C(F)(F)F)c1C. The number of nitrogens with one attached hydrogen (secondary N) is 1. The summed E-state index contributed by atoms with van der Waals surface area (Å²) in [6.45, 7) is 1.09. The van der Waals surface area contributed by atoms with Gasteiger partial charge in [-0.3, -0.25) is 4.84 Å². The lowest BCUT2D eigenvalue weighted by Crippen LogP contribution is -2.24. The van der Waals surface area contributed by atoms with Crippen molar-refractivity contribution in [2.24, 2.45) is 0 Å². The maximum atomic E-state index is 12.6. The van der Waals surface area contributed by atoms with Crippen molar-refractivity contribution in [2.45, 2.75) is 18.0 Å². The Hall–Kier alpha value is -1.12. The molecule has 1 N–H and O–H groups in total. The first-order chi connectivity index (χ1) is 7.70. The van der Waals surface area contributed by atoms with Gasteiger partial charge in [-0.25, -0.2) is 8.42 Å². The topological polar surface area (TPSA) is 55.4 Å². The van der Waals surface area contributed by atoms with Crippen molar-refractivity contribution in [1.29, 1.82) is 0 Å². The molecular weight excluding hydrogens is 259 g/mol. The lowest BCUT2D eigenvalue weighted by Gasteiger charge is -2.13. The quantitative estimate of drug-likeness (QED) is 0.852. The number of benzene rings is 1. The minimum absolute atomic E-state index is 0.371. The van der Waals surface area contributed by atoms with Gasteiger partial charge in [0.25, 0.3) is 10.0 Å². The number of alkyl halides is 3. The molecule has 0 saturated carbocycles.